The second-order valence-corrected chi connectivity index (χ2v) is 5.76. The summed E-state index contributed by atoms with van der Waals surface area (Å²) in [5.41, 5.74) is 0.619. The van der Waals surface area contributed by atoms with Crippen LogP contribution in [0.2, 0.25) is 5.02 Å². The Hall–Kier alpha value is -1.00. The zero-order valence-electron chi connectivity index (χ0n) is 11.5. The Kier molecular flexibility index (Phi) is 4.53. The number of likely N-dealkylation sites (tertiary alicyclic amines) is 1. The molecule has 2 rings (SSSR count). The molecule has 1 aromatic heterocycles. The summed E-state index contributed by atoms with van der Waals surface area (Å²) in [5, 5.41) is 10.5. The van der Waals surface area contributed by atoms with Gasteiger partial charge in [0.15, 0.2) is 0 Å². The fourth-order valence-corrected chi connectivity index (χ4v) is 2.70. The van der Waals surface area contributed by atoms with Crippen LogP contribution in [0.15, 0.2) is 12.3 Å². The van der Waals surface area contributed by atoms with E-state index in [1.807, 2.05) is 11.5 Å². The number of carbonyl (C=O) groups excluding carboxylic acids is 1. The number of piperidine rings is 1. The Morgan fingerprint density at radius 2 is 2.32 bits per heavy atom. The van der Waals surface area contributed by atoms with E-state index < -0.39 is 6.10 Å². The lowest BCUT2D eigenvalue weighted by molar-refractivity contribution is 0.0242. The van der Waals surface area contributed by atoms with Gasteiger partial charge in [0, 0.05) is 25.8 Å². The van der Waals surface area contributed by atoms with Crippen molar-refractivity contribution in [1.29, 1.82) is 0 Å². The van der Waals surface area contributed by atoms with Gasteiger partial charge in [-0.3, -0.25) is 4.79 Å². The van der Waals surface area contributed by atoms with Crippen LogP contribution in [-0.4, -0.2) is 39.7 Å². The number of aliphatic hydroxyl groups is 1. The highest BCUT2D eigenvalue weighted by Gasteiger charge is 2.29. The normalized spacial score (nSPS) is 23.7. The molecule has 0 aromatic carbocycles. The van der Waals surface area contributed by atoms with Crippen molar-refractivity contribution in [1.82, 2.24) is 9.47 Å². The zero-order chi connectivity index (χ0) is 14.0. The number of rotatable bonds is 3. The van der Waals surface area contributed by atoms with Crippen LogP contribution in [0.1, 0.15) is 37.2 Å². The third-order valence-corrected chi connectivity index (χ3v) is 3.96. The summed E-state index contributed by atoms with van der Waals surface area (Å²) in [7, 11) is 0. The van der Waals surface area contributed by atoms with Gasteiger partial charge in [-0.2, -0.15) is 0 Å². The lowest BCUT2D eigenvalue weighted by Crippen LogP contribution is -2.46. The third-order valence-electron chi connectivity index (χ3n) is 3.75. The van der Waals surface area contributed by atoms with Crippen LogP contribution in [0.25, 0.3) is 0 Å². The van der Waals surface area contributed by atoms with E-state index in [4.69, 9.17) is 11.6 Å². The molecule has 1 amide bonds. The lowest BCUT2D eigenvalue weighted by atomic mass is 9.96. The van der Waals surface area contributed by atoms with Crippen molar-refractivity contribution in [3.05, 3.63) is 23.0 Å². The van der Waals surface area contributed by atoms with Crippen molar-refractivity contribution < 1.29 is 9.90 Å². The number of β-amino-alcohol motifs (C(OH)–C–C–N with tert-alkyl or cyclic N) is 1. The number of aliphatic hydroxyl groups excluding tert-OH is 1. The van der Waals surface area contributed by atoms with Gasteiger partial charge in [-0.25, -0.2) is 0 Å². The molecule has 1 fully saturated rings. The molecule has 0 bridgehead atoms. The van der Waals surface area contributed by atoms with Crippen LogP contribution in [-0.2, 0) is 6.54 Å². The molecule has 0 saturated carbocycles. The average molecular weight is 285 g/mol. The lowest BCUT2D eigenvalue weighted by Gasteiger charge is -2.34. The Labute approximate surface area is 119 Å². The van der Waals surface area contributed by atoms with Gasteiger partial charge in [-0.1, -0.05) is 25.4 Å². The summed E-state index contributed by atoms with van der Waals surface area (Å²) < 4.78 is 1.90. The minimum atomic E-state index is -0.428. The highest BCUT2D eigenvalue weighted by Crippen LogP contribution is 2.21. The zero-order valence-corrected chi connectivity index (χ0v) is 12.2. The Bertz CT molecular complexity index is 458. The van der Waals surface area contributed by atoms with E-state index in [1.54, 1.807) is 17.2 Å². The molecule has 0 radical (unpaired) electrons. The number of aromatic nitrogens is 1. The quantitative estimate of drug-likeness (QED) is 0.926. The van der Waals surface area contributed by atoms with Crippen molar-refractivity contribution in [2.24, 2.45) is 5.92 Å². The predicted molar refractivity (Wildman–Crippen MR) is 75.4 cm³/mol. The summed E-state index contributed by atoms with van der Waals surface area (Å²) in [6.45, 7) is 5.97. The van der Waals surface area contributed by atoms with Gasteiger partial charge in [0.05, 0.1) is 11.1 Å². The van der Waals surface area contributed by atoms with E-state index in [0.29, 0.717) is 23.8 Å². The molecule has 1 aliphatic rings. The number of amides is 1. The van der Waals surface area contributed by atoms with Crippen LogP contribution in [0, 0.1) is 5.92 Å². The molecule has 1 N–H and O–H groups in total. The number of aryl methyl sites for hydroxylation is 1. The van der Waals surface area contributed by atoms with Crippen LogP contribution in [0.4, 0.5) is 0 Å². The van der Waals surface area contributed by atoms with Crippen molar-refractivity contribution in [3.8, 4) is 0 Å². The van der Waals surface area contributed by atoms with Gasteiger partial charge in [0.1, 0.15) is 5.69 Å². The molecule has 1 aromatic rings. The first kappa shape index (κ1) is 14.4. The maximum atomic E-state index is 12.5. The van der Waals surface area contributed by atoms with Gasteiger partial charge >= 0.3 is 0 Å². The Balaban J connectivity index is 2.15. The average Bonchev–Trinajstić information content (AvgIpc) is 2.73. The molecule has 19 heavy (non-hydrogen) atoms. The van der Waals surface area contributed by atoms with Gasteiger partial charge in [0.25, 0.3) is 5.91 Å². The fourth-order valence-electron chi connectivity index (χ4n) is 2.48. The Morgan fingerprint density at radius 3 is 2.95 bits per heavy atom. The molecule has 1 saturated heterocycles. The molecule has 2 heterocycles. The standard InChI is InChI=1S/C14H21ClN2O2/c1-3-5-16-8-11(15)7-12(16)14(19)17-6-4-10(2)13(18)9-17/h7-8,10,13,18H,3-6,9H2,1-2H3. The summed E-state index contributed by atoms with van der Waals surface area (Å²) >= 11 is 6.00. The van der Waals surface area contributed by atoms with E-state index in [9.17, 15) is 9.90 Å². The van der Waals surface area contributed by atoms with Gasteiger partial charge in [-0.15, -0.1) is 0 Å². The summed E-state index contributed by atoms with van der Waals surface area (Å²) in [4.78, 5) is 14.2. The number of hydrogen-bond donors (Lipinski definition) is 1. The van der Waals surface area contributed by atoms with Gasteiger partial charge < -0.3 is 14.6 Å². The van der Waals surface area contributed by atoms with Crippen molar-refractivity contribution in [2.75, 3.05) is 13.1 Å². The van der Waals surface area contributed by atoms with E-state index >= 15 is 0 Å². The number of halogens is 1. The van der Waals surface area contributed by atoms with Gasteiger partial charge in [-0.05, 0) is 24.8 Å². The first-order chi connectivity index (χ1) is 9.02. The second kappa shape index (κ2) is 5.97. The number of hydrogen-bond acceptors (Lipinski definition) is 2. The van der Waals surface area contributed by atoms with Gasteiger partial charge in [0.2, 0.25) is 0 Å². The molecular formula is C14H21ClN2O2. The fraction of sp³-hybridized carbons (Fsp3) is 0.643. The largest absolute Gasteiger partial charge is 0.391 e. The first-order valence-corrected chi connectivity index (χ1v) is 7.23. The number of nitrogens with zero attached hydrogens (tertiary/aromatic N) is 2. The van der Waals surface area contributed by atoms with Crippen molar-refractivity contribution in [2.45, 2.75) is 39.3 Å². The van der Waals surface area contributed by atoms with E-state index in [1.165, 1.54) is 0 Å². The highest BCUT2D eigenvalue weighted by atomic mass is 35.5. The van der Waals surface area contributed by atoms with E-state index in [2.05, 4.69) is 6.92 Å². The summed E-state index contributed by atoms with van der Waals surface area (Å²) in [6.07, 6.45) is 3.16. The van der Waals surface area contributed by atoms with Crippen molar-refractivity contribution in [3.63, 3.8) is 0 Å². The van der Waals surface area contributed by atoms with Crippen molar-refractivity contribution >= 4 is 17.5 Å². The summed E-state index contributed by atoms with van der Waals surface area (Å²) in [5.74, 6) is 0.223. The Morgan fingerprint density at radius 1 is 1.58 bits per heavy atom. The van der Waals surface area contributed by atoms with Crippen LogP contribution in [0.5, 0.6) is 0 Å². The molecule has 106 valence electrons. The highest BCUT2D eigenvalue weighted by molar-refractivity contribution is 6.31. The smallest absolute Gasteiger partial charge is 0.270 e. The third kappa shape index (κ3) is 3.12. The monoisotopic (exact) mass is 284 g/mol. The molecular weight excluding hydrogens is 264 g/mol. The van der Waals surface area contributed by atoms with Crippen LogP contribution < -0.4 is 0 Å². The number of carbonyl (C=O) groups is 1. The van der Waals surface area contributed by atoms with Crippen LogP contribution in [0.3, 0.4) is 0 Å². The molecule has 2 unspecified atom stereocenters. The minimum Gasteiger partial charge on any atom is -0.391 e. The molecule has 4 nitrogen and oxygen atoms in total. The topological polar surface area (TPSA) is 45.5 Å². The van der Waals surface area contributed by atoms with Crippen LogP contribution >= 0.6 is 11.6 Å². The second-order valence-electron chi connectivity index (χ2n) is 5.32. The molecule has 5 heteroatoms. The maximum absolute atomic E-state index is 12.5. The first-order valence-electron chi connectivity index (χ1n) is 6.86. The molecule has 0 spiro atoms. The van der Waals surface area contributed by atoms with E-state index in [0.717, 1.165) is 19.4 Å². The molecule has 1 aliphatic heterocycles. The minimum absolute atomic E-state index is 0.0358. The molecule has 2 atom stereocenters. The maximum Gasteiger partial charge on any atom is 0.270 e. The molecule has 0 aliphatic carbocycles. The summed E-state index contributed by atoms with van der Waals surface area (Å²) in [6, 6.07) is 1.71. The SMILES string of the molecule is CCCn1cc(Cl)cc1C(=O)N1CCC(C)C(O)C1. The van der Waals surface area contributed by atoms with E-state index in [-0.39, 0.29) is 11.8 Å². The predicted octanol–water partition coefficient (Wildman–Crippen LogP) is 2.39.